The van der Waals surface area contributed by atoms with Gasteiger partial charge in [0.1, 0.15) is 0 Å². The van der Waals surface area contributed by atoms with Gasteiger partial charge in [-0.25, -0.2) is 0 Å². The van der Waals surface area contributed by atoms with Crippen LogP contribution in [0.5, 0.6) is 0 Å². The first-order chi connectivity index (χ1) is 9.17. The zero-order valence-corrected chi connectivity index (χ0v) is 11.4. The van der Waals surface area contributed by atoms with Crippen molar-refractivity contribution >= 4 is 11.7 Å². The van der Waals surface area contributed by atoms with Gasteiger partial charge in [0.15, 0.2) is 5.82 Å². The van der Waals surface area contributed by atoms with Crippen LogP contribution in [0.1, 0.15) is 30.2 Å². The summed E-state index contributed by atoms with van der Waals surface area (Å²) < 4.78 is 0. The maximum atomic E-state index is 11.8. The Labute approximate surface area is 113 Å². The van der Waals surface area contributed by atoms with Crippen LogP contribution in [-0.2, 0) is 17.6 Å². The first-order valence-electron chi connectivity index (χ1n) is 6.57. The van der Waals surface area contributed by atoms with Crippen molar-refractivity contribution in [3.8, 4) is 0 Å². The highest BCUT2D eigenvalue weighted by Gasteiger charge is 2.05. The van der Waals surface area contributed by atoms with Gasteiger partial charge in [0.25, 0.3) is 0 Å². The van der Waals surface area contributed by atoms with Crippen LogP contribution < -0.4 is 5.32 Å². The number of amides is 1. The molecule has 4 heteroatoms. The molecule has 100 valence electrons. The molecule has 0 saturated heterocycles. The maximum absolute atomic E-state index is 11.8. The van der Waals surface area contributed by atoms with Gasteiger partial charge in [-0.3, -0.25) is 9.89 Å². The predicted octanol–water partition coefficient (Wildman–Crippen LogP) is 2.85. The summed E-state index contributed by atoms with van der Waals surface area (Å²) >= 11 is 0. The lowest BCUT2D eigenvalue weighted by Gasteiger charge is -2.03. The van der Waals surface area contributed by atoms with Crippen LogP contribution in [-0.4, -0.2) is 16.1 Å². The summed E-state index contributed by atoms with van der Waals surface area (Å²) in [5.74, 6) is 0.579. The molecule has 19 heavy (non-hydrogen) atoms. The second-order valence-corrected chi connectivity index (χ2v) is 4.65. The van der Waals surface area contributed by atoms with Gasteiger partial charge in [0.2, 0.25) is 5.91 Å². The Balaban J connectivity index is 1.82. The van der Waals surface area contributed by atoms with Crippen LogP contribution >= 0.6 is 0 Å². The van der Waals surface area contributed by atoms with Crippen molar-refractivity contribution < 1.29 is 4.79 Å². The highest BCUT2D eigenvalue weighted by atomic mass is 16.1. The van der Waals surface area contributed by atoms with Gasteiger partial charge in [-0.1, -0.05) is 31.2 Å². The third kappa shape index (κ3) is 3.95. The minimum absolute atomic E-state index is 0.00827. The summed E-state index contributed by atoms with van der Waals surface area (Å²) in [6.45, 7) is 4.03. The minimum Gasteiger partial charge on any atom is -0.309 e. The molecule has 1 heterocycles. The zero-order chi connectivity index (χ0) is 13.7. The van der Waals surface area contributed by atoms with Gasteiger partial charge < -0.3 is 5.32 Å². The monoisotopic (exact) mass is 257 g/mol. The number of carbonyl (C=O) groups excluding carboxylic acids is 1. The fraction of sp³-hybridized carbons (Fsp3) is 0.333. The fourth-order valence-electron chi connectivity index (χ4n) is 1.89. The number of hydrogen-bond donors (Lipinski definition) is 2. The molecule has 2 rings (SSSR count). The Morgan fingerprint density at radius 3 is 2.53 bits per heavy atom. The van der Waals surface area contributed by atoms with E-state index in [-0.39, 0.29) is 5.91 Å². The van der Waals surface area contributed by atoms with E-state index in [0.717, 1.165) is 18.5 Å². The molecule has 4 nitrogen and oxygen atoms in total. The summed E-state index contributed by atoms with van der Waals surface area (Å²) in [4.78, 5) is 11.8. The highest BCUT2D eigenvalue weighted by Crippen LogP contribution is 2.09. The van der Waals surface area contributed by atoms with E-state index in [1.807, 2.05) is 13.0 Å². The summed E-state index contributed by atoms with van der Waals surface area (Å²) in [6.07, 6.45) is 2.26. The van der Waals surface area contributed by atoms with Crippen molar-refractivity contribution in [1.29, 1.82) is 0 Å². The third-order valence-electron chi connectivity index (χ3n) is 3.05. The van der Waals surface area contributed by atoms with Gasteiger partial charge in [0, 0.05) is 18.2 Å². The average Bonchev–Trinajstić information content (AvgIpc) is 2.82. The molecule has 2 aromatic rings. The molecule has 0 radical (unpaired) electrons. The van der Waals surface area contributed by atoms with Gasteiger partial charge in [-0.2, -0.15) is 5.10 Å². The lowest BCUT2D eigenvalue weighted by atomic mass is 10.1. The van der Waals surface area contributed by atoms with Crippen molar-refractivity contribution in [3.05, 3.63) is 47.2 Å². The molecular weight excluding hydrogens is 238 g/mol. The molecule has 0 aliphatic heterocycles. The minimum atomic E-state index is -0.00827. The van der Waals surface area contributed by atoms with Crippen molar-refractivity contribution in [3.63, 3.8) is 0 Å². The van der Waals surface area contributed by atoms with E-state index in [2.05, 4.69) is 46.7 Å². The van der Waals surface area contributed by atoms with Gasteiger partial charge >= 0.3 is 0 Å². The number of rotatable bonds is 5. The Morgan fingerprint density at radius 2 is 1.95 bits per heavy atom. The summed E-state index contributed by atoms with van der Waals surface area (Å²) in [6, 6.07) is 10.2. The Kier molecular flexibility index (Phi) is 4.34. The van der Waals surface area contributed by atoms with Crippen LogP contribution in [0.4, 0.5) is 5.82 Å². The standard InChI is InChI=1S/C15H19N3O/c1-3-12-4-6-13(7-5-12)8-9-15(19)16-14-10-11(2)17-18-14/h4-7,10H,3,8-9H2,1-2H3,(H2,16,17,18,19). The second-order valence-electron chi connectivity index (χ2n) is 4.65. The van der Waals surface area contributed by atoms with Crippen LogP contribution in [0.2, 0.25) is 0 Å². The number of nitrogens with one attached hydrogen (secondary N) is 2. The largest absolute Gasteiger partial charge is 0.309 e. The number of aryl methyl sites for hydroxylation is 3. The van der Waals surface area contributed by atoms with Crippen molar-refractivity contribution in [1.82, 2.24) is 10.2 Å². The van der Waals surface area contributed by atoms with E-state index in [4.69, 9.17) is 0 Å². The molecule has 0 saturated carbocycles. The Morgan fingerprint density at radius 1 is 1.26 bits per heavy atom. The maximum Gasteiger partial charge on any atom is 0.225 e. The number of hydrogen-bond acceptors (Lipinski definition) is 2. The molecule has 0 aliphatic carbocycles. The molecule has 0 atom stereocenters. The zero-order valence-electron chi connectivity index (χ0n) is 11.4. The molecule has 0 bridgehead atoms. The van der Waals surface area contributed by atoms with E-state index >= 15 is 0 Å². The van der Waals surface area contributed by atoms with Crippen LogP contribution in [0.15, 0.2) is 30.3 Å². The van der Waals surface area contributed by atoms with E-state index in [9.17, 15) is 4.79 Å². The predicted molar refractivity (Wildman–Crippen MR) is 76.1 cm³/mol. The topological polar surface area (TPSA) is 57.8 Å². The number of benzene rings is 1. The number of nitrogens with zero attached hydrogens (tertiary/aromatic N) is 1. The van der Waals surface area contributed by atoms with Gasteiger partial charge in [-0.05, 0) is 30.9 Å². The smallest absolute Gasteiger partial charge is 0.225 e. The second kappa shape index (κ2) is 6.18. The van der Waals surface area contributed by atoms with Crippen molar-refractivity contribution in [2.75, 3.05) is 5.32 Å². The van der Waals surface area contributed by atoms with Crippen molar-refractivity contribution in [2.24, 2.45) is 0 Å². The van der Waals surface area contributed by atoms with E-state index in [1.54, 1.807) is 0 Å². The first kappa shape index (κ1) is 13.3. The fourth-order valence-corrected chi connectivity index (χ4v) is 1.89. The molecule has 0 spiro atoms. The lowest BCUT2D eigenvalue weighted by molar-refractivity contribution is -0.116. The number of aromatic amines is 1. The molecule has 0 unspecified atom stereocenters. The third-order valence-corrected chi connectivity index (χ3v) is 3.05. The number of carbonyl (C=O) groups is 1. The van der Waals surface area contributed by atoms with Gasteiger partial charge in [0.05, 0.1) is 0 Å². The Hall–Kier alpha value is -2.10. The molecule has 2 N–H and O–H groups in total. The normalized spacial score (nSPS) is 10.4. The Bertz CT molecular complexity index is 543. The summed E-state index contributed by atoms with van der Waals surface area (Å²) in [5, 5.41) is 9.55. The summed E-state index contributed by atoms with van der Waals surface area (Å²) in [7, 11) is 0. The molecule has 1 amide bonds. The van der Waals surface area contributed by atoms with Crippen molar-refractivity contribution in [2.45, 2.75) is 33.1 Å². The summed E-state index contributed by atoms with van der Waals surface area (Å²) in [5.41, 5.74) is 3.44. The molecule has 0 aliphatic rings. The van der Waals surface area contributed by atoms with E-state index < -0.39 is 0 Å². The first-order valence-corrected chi connectivity index (χ1v) is 6.57. The molecular formula is C15H19N3O. The lowest BCUT2D eigenvalue weighted by Crippen LogP contribution is -2.12. The van der Waals surface area contributed by atoms with Crippen LogP contribution in [0.25, 0.3) is 0 Å². The van der Waals surface area contributed by atoms with E-state index in [1.165, 1.54) is 11.1 Å². The number of H-pyrrole nitrogens is 1. The van der Waals surface area contributed by atoms with Crippen LogP contribution in [0.3, 0.4) is 0 Å². The SMILES string of the molecule is CCc1ccc(CCC(=O)Nc2cc(C)[nH]n2)cc1. The molecule has 1 aromatic carbocycles. The molecule has 1 aromatic heterocycles. The quantitative estimate of drug-likeness (QED) is 0.865. The highest BCUT2D eigenvalue weighted by molar-refractivity contribution is 5.89. The number of anilines is 1. The average molecular weight is 257 g/mol. The van der Waals surface area contributed by atoms with E-state index in [0.29, 0.717) is 12.2 Å². The number of aromatic nitrogens is 2. The van der Waals surface area contributed by atoms with Gasteiger partial charge in [-0.15, -0.1) is 0 Å². The van der Waals surface area contributed by atoms with Crippen LogP contribution in [0, 0.1) is 6.92 Å². The molecule has 0 fully saturated rings.